The standard InChI is InChI=1S/C17H19BrN2O2S/c1-3-5-11-23-17-19-15-8-7-13(18)12-14(15)16(21)20(17)9-6-10-22-4-2/h7-8,12H,4,6,9-11H2,1-2H3. The second-order valence-corrected chi connectivity index (χ2v) is 6.64. The van der Waals surface area contributed by atoms with Gasteiger partial charge in [-0.2, -0.15) is 0 Å². The summed E-state index contributed by atoms with van der Waals surface area (Å²) in [6.07, 6.45) is 0.780. The summed E-state index contributed by atoms with van der Waals surface area (Å²) in [7, 11) is 0. The lowest BCUT2D eigenvalue weighted by Crippen LogP contribution is -2.24. The minimum atomic E-state index is -0.0141. The predicted molar refractivity (Wildman–Crippen MR) is 99.0 cm³/mol. The fraction of sp³-hybridized carbons (Fsp3) is 0.412. The number of ether oxygens (including phenoxy) is 1. The van der Waals surface area contributed by atoms with Crippen molar-refractivity contribution in [3.05, 3.63) is 33.0 Å². The second kappa shape index (κ2) is 9.11. The van der Waals surface area contributed by atoms with Crippen molar-refractivity contribution in [2.75, 3.05) is 19.0 Å². The van der Waals surface area contributed by atoms with Crippen LogP contribution < -0.4 is 5.56 Å². The molecule has 2 aromatic rings. The zero-order valence-corrected chi connectivity index (χ0v) is 15.7. The van der Waals surface area contributed by atoms with E-state index in [9.17, 15) is 4.79 Å². The lowest BCUT2D eigenvalue weighted by atomic mass is 10.2. The third-order valence-electron chi connectivity index (χ3n) is 3.21. The summed E-state index contributed by atoms with van der Waals surface area (Å²) in [5.41, 5.74) is 0.700. The van der Waals surface area contributed by atoms with Crippen LogP contribution in [0.3, 0.4) is 0 Å². The molecule has 1 heterocycles. The number of fused-ring (bicyclic) bond motifs is 1. The minimum absolute atomic E-state index is 0.0141. The van der Waals surface area contributed by atoms with E-state index in [1.54, 1.807) is 11.5 Å². The number of nitrogens with zero attached hydrogens (tertiary/aromatic N) is 2. The molecule has 122 valence electrons. The van der Waals surface area contributed by atoms with Crippen LogP contribution in [0.15, 0.2) is 32.6 Å². The molecule has 0 saturated heterocycles. The van der Waals surface area contributed by atoms with E-state index in [-0.39, 0.29) is 5.56 Å². The first kappa shape index (κ1) is 18.1. The first-order valence-electron chi connectivity index (χ1n) is 7.47. The lowest BCUT2D eigenvalue weighted by Gasteiger charge is -2.12. The highest BCUT2D eigenvalue weighted by Crippen LogP contribution is 2.20. The fourth-order valence-electron chi connectivity index (χ4n) is 2.12. The lowest BCUT2D eigenvalue weighted by molar-refractivity contribution is 0.140. The molecule has 6 heteroatoms. The van der Waals surface area contributed by atoms with E-state index in [4.69, 9.17) is 4.74 Å². The van der Waals surface area contributed by atoms with E-state index in [2.05, 4.69) is 32.8 Å². The highest BCUT2D eigenvalue weighted by molar-refractivity contribution is 9.10. The largest absolute Gasteiger partial charge is 0.382 e. The Kier molecular flexibility index (Phi) is 7.15. The van der Waals surface area contributed by atoms with Crippen LogP contribution in [0, 0.1) is 11.8 Å². The van der Waals surface area contributed by atoms with Crippen molar-refractivity contribution in [3.8, 4) is 11.8 Å². The normalized spacial score (nSPS) is 10.6. The molecule has 23 heavy (non-hydrogen) atoms. The van der Waals surface area contributed by atoms with Crippen molar-refractivity contribution in [2.24, 2.45) is 0 Å². The van der Waals surface area contributed by atoms with E-state index >= 15 is 0 Å². The average molecular weight is 395 g/mol. The molecule has 2 rings (SSSR count). The maximum absolute atomic E-state index is 12.8. The summed E-state index contributed by atoms with van der Waals surface area (Å²) in [5, 5.41) is 1.34. The first-order valence-corrected chi connectivity index (χ1v) is 9.25. The van der Waals surface area contributed by atoms with E-state index in [1.807, 2.05) is 25.1 Å². The van der Waals surface area contributed by atoms with E-state index in [1.165, 1.54) is 11.8 Å². The van der Waals surface area contributed by atoms with Crippen molar-refractivity contribution < 1.29 is 4.74 Å². The molecule has 0 saturated carbocycles. The Labute approximate surface area is 148 Å². The van der Waals surface area contributed by atoms with E-state index in [0.717, 1.165) is 10.9 Å². The third-order valence-corrected chi connectivity index (χ3v) is 4.56. The molecule has 0 spiro atoms. The molecular weight excluding hydrogens is 376 g/mol. The van der Waals surface area contributed by atoms with Gasteiger partial charge >= 0.3 is 0 Å². The zero-order chi connectivity index (χ0) is 16.7. The molecule has 1 aromatic heterocycles. The Morgan fingerprint density at radius 3 is 3.00 bits per heavy atom. The van der Waals surface area contributed by atoms with Gasteiger partial charge in [0.05, 0.1) is 16.7 Å². The number of thioether (sulfide) groups is 1. The van der Waals surface area contributed by atoms with Crippen LogP contribution in [0.2, 0.25) is 0 Å². The van der Waals surface area contributed by atoms with Gasteiger partial charge in [-0.1, -0.05) is 33.6 Å². The molecule has 0 fully saturated rings. The smallest absolute Gasteiger partial charge is 0.262 e. The molecule has 4 nitrogen and oxygen atoms in total. The highest BCUT2D eigenvalue weighted by atomic mass is 79.9. The number of halogens is 1. The molecule has 0 amide bonds. The van der Waals surface area contributed by atoms with Crippen LogP contribution in [0.25, 0.3) is 10.9 Å². The Hall–Kier alpha value is -1.29. The molecule has 0 bridgehead atoms. The Bertz CT molecular complexity index is 793. The van der Waals surface area contributed by atoms with Crippen LogP contribution in [0.4, 0.5) is 0 Å². The number of aromatic nitrogens is 2. The van der Waals surface area contributed by atoms with Gasteiger partial charge in [-0.05, 0) is 38.5 Å². The predicted octanol–water partition coefficient (Wildman–Crippen LogP) is 3.70. The van der Waals surface area contributed by atoms with Crippen LogP contribution >= 0.6 is 27.7 Å². The maximum atomic E-state index is 12.8. The Balaban J connectivity index is 2.39. The van der Waals surface area contributed by atoms with Crippen LogP contribution in [-0.4, -0.2) is 28.5 Å². The number of benzene rings is 1. The first-order chi connectivity index (χ1) is 11.2. The van der Waals surface area contributed by atoms with Crippen LogP contribution in [-0.2, 0) is 11.3 Å². The summed E-state index contributed by atoms with van der Waals surface area (Å²) >= 11 is 4.91. The zero-order valence-electron chi connectivity index (χ0n) is 13.3. The molecule has 0 aliphatic rings. The fourth-order valence-corrected chi connectivity index (χ4v) is 3.32. The van der Waals surface area contributed by atoms with Gasteiger partial charge in [0.1, 0.15) is 0 Å². The Morgan fingerprint density at radius 1 is 1.43 bits per heavy atom. The molecule has 0 unspecified atom stereocenters. The monoisotopic (exact) mass is 394 g/mol. The Morgan fingerprint density at radius 2 is 2.26 bits per heavy atom. The highest BCUT2D eigenvalue weighted by Gasteiger charge is 2.11. The summed E-state index contributed by atoms with van der Waals surface area (Å²) < 4.78 is 7.98. The van der Waals surface area contributed by atoms with E-state index < -0.39 is 0 Å². The molecule has 0 aliphatic heterocycles. The van der Waals surface area contributed by atoms with E-state index in [0.29, 0.717) is 41.6 Å². The van der Waals surface area contributed by atoms with Crippen molar-refractivity contribution in [1.82, 2.24) is 9.55 Å². The number of hydrogen-bond donors (Lipinski definition) is 0. The average Bonchev–Trinajstić information content (AvgIpc) is 2.54. The van der Waals surface area contributed by atoms with Gasteiger partial charge in [-0.3, -0.25) is 9.36 Å². The molecule has 0 aliphatic carbocycles. The molecule has 0 atom stereocenters. The third kappa shape index (κ3) is 4.84. The molecule has 0 N–H and O–H groups in total. The van der Waals surface area contributed by atoms with Crippen LogP contribution in [0.5, 0.6) is 0 Å². The van der Waals surface area contributed by atoms with Gasteiger partial charge in [0.2, 0.25) is 0 Å². The molecular formula is C17H19BrN2O2S. The number of hydrogen-bond acceptors (Lipinski definition) is 4. The topological polar surface area (TPSA) is 44.1 Å². The van der Waals surface area contributed by atoms with Crippen molar-refractivity contribution >= 4 is 38.6 Å². The van der Waals surface area contributed by atoms with Crippen molar-refractivity contribution in [1.29, 1.82) is 0 Å². The van der Waals surface area contributed by atoms with Crippen molar-refractivity contribution in [2.45, 2.75) is 32.0 Å². The summed E-state index contributed by atoms with van der Waals surface area (Å²) in [6.45, 7) is 5.69. The maximum Gasteiger partial charge on any atom is 0.262 e. The second-order valence-electron chi connectivity index (χ2n) is 4.78. The van der Waals surface area contributed by atoms with Gasteiger partial charge in [-0.15, -0.1) is 5.92 Å². The summed E-state index contributed by atoms with van der Waals surface area (Å²) in [6, 6.07) is 5.58. The SMILES string of the molecule is CC#CCSc1nc2ccc(Br)cc2c(=O)n1CCCOCC. The summed E-state index contributed by atoms with van der Waals surface area (Å²) in [5.74, 6) is 6.49. The van der Waals surface area contributed by atoms with Crippen molar-refractivity contribution in [3.63, 3.8) is 0 Å². The summed E-state index contributed by atoms with van der Waals surface area (Å²) in [4.78, 5) is 17.5. The van der Waals surface area contributed by atoms with Gasteiger partial charge in [-0.25, -0.2) is 4.98 Å². The van der Waals surface area contributed by atoms with Gasteiger partial charge < -0.3 is 4.74 Å². The van der Waals surface area contributed by atoms with Gasteiger partial charge in [0, 0.05) is 24.2 Å². The van der Waals surface area contributed by atoms with Crippen LogP contribution in [0.1, 0.15) is 20.3 Å². The molecule has 1 aromatic carbocycles. The van der Waals surface area contributed by atoms with Gasteiger partial charge in [0.25, 0.3) is 5.56 Å². The van der Waals surface area contributed by atoms with Gasteiger partial charge in [0.15, 0.2) is 5.16 Å². The quantitative estimate of drug-likeness (QED) is 0.310. The number of rotatable bonds is 7. The molecule has 0 radical (unpaired) electrons. The minimum Gasteiger partial charge on any atom is -0.382 e.